The van der Waals surface area contributed by atoms with Crippen LogP contribution < -0.4 is 5.32 Å². The lowest BCUT2D eigenvalue weighted by Gasteiger charge is -2.10. The van der Waals surface area contributed by atoms with Gasteiger partial charge in [-0.2, -0.15) is 5.10 Å². The first kappa shape index (κ1) is 16.0. The molecule has 2 N–H and O–H groups in total. The van der Waals surface area contributed by atoms with Gasteiger partial charge in [-0.1, -0.05) is 30.3 Å². The molecule has 5 nitrogen and oxygen atoms in total. The Morgan fingerprint density at radius 2 is 1.88 bits per heavy atom. The number of rotatable bonds is 4. The first-order valence-electron chi connectivity index (χ1n) is 7.73. The van der Waals surface area contributed by atoms with Gasteiger partial charge in [-0.3, -0.25) is 4.79 Å². The summed E-state index contributed by atoms with van der Waals surface area (Å²) in [5.41, 5.74) is 4.47. The molecule has 3 rings (SSSR count). The molecule has 5 heteroatoms. The number of carbonyl (C=O) groups is 1. The van der Waals surface area contributed by atoms with Crippen LogP contribution in [0.15, 0.2) is 54.6 Å². The zero-order chi connectivity index (χ0) is 17.1. The number of aryl methyl sites for hydroxylation is 1. The van der Waals surface area contributed by atoms with Crippen molar-refractivity contribution in [2.24, 2.45) is 0 Å². The Kier molecular flexibility index (Phi) is 4.44. The van der Waals surface area contributed by atoms with Gasteiger partial charge in [0, 0.05) is 11.4 Å². The number of hydrogen-bond acceptors (Lipinski definition) is 3. The molecule has 1 amide bonds. The monoisotopic (exact) mass is 321 g/mol. The highest BCUT2D eigenvalue weighted by Gasteiger charge is 2.15. The molecule has 0 radical (unpaired) electrons. The smallest absolute Gasteiger partial charge is 0.276 e. The summed E-state index contributed by atoms with van der Waals surface area (Å²) in [7, 11) is 0. The maximum absolute atomic E-state index is 12.5. The number of nitrogens with zero attached hydrogens (tertiary/aromatic N) is 2. The summed E-state index contributed by atoms with van der Waals surface area (Å²) >= 11 is 0. The Balaban J connectivity index is 1.87. The third-order valence-electron chi connectivity index (χ3n) is 3.99. The molecule has 2 aromatic carbocycles. The van der Waals surface area contributed by atoms with E-state index in [2.05, 4.69) is 10.4 Å². The minimum Gasteiger partial charge on any atom is -0.392 e. The highest BCUT2D eigenvalue weighted by Crippen LogP contribution is 2.20. The average Bonchev–Trinajstić information content (AvgIpc) is 2.99. The molecule has 1 heterocycles. The number of nitrogens with one attached hydrogen (secondary N) is 1. The van der Waals surface area contributed by atoms with Crippen molar-refractivity contribution >= 4 is 11.6 Å². The fourth-order valence-electron chi connectivity index (χ4n) is 2.59. The van der Waals surface area contributed by atoms with Gasteiger partial charge in [-0.25, -0.2) is 4.68 Å². The average molecular weight is 321 g/mol. The van der Waals surface area contributed by atoms with E-state index >= 15 is 0 Å². The quantitative estimate of drug-likeness (QED) is 0.775. The fourth-order valence-corrected chi connectivity index (χ4v) is 2.59. The summed E-state index contributed by atoms with van der Waals surface area (Å²) in [6.07, 6.45) is 0. The van der Waals surface area contributed by atoms with Crippen LogP contribution in [0.3, 0.4) is 0 Å². The minimum atomic E-state index is -0.272. The van der Waals surface area contributed by atoms with Crippen LogP contribution in [0.1, 0.15) is 27.3 Å². The van der Waals surface area contributed by atoms with Crippen molar-refractivity contribution in [3.8, 4) is 5.69 Å². The van der Waals surface area contributed by atoms with Crippen LogP contribution in [0.5, 0.6) is 0 Å². The van der Waals surface area contributed by atoms with Crippen LogP contribution in [0, 0.1) is 13.8 Å². The summed E-state index contributed by atoms with van der Waals surface area (Å²) in [6.45, 7) is 3.72. The van der Waals surface area contributed by atoms with E-state index in [1.54, 1.807) is 10.7 Å². The molecule has 0 fully saturated rings. The van der Waals surface area contributed by atoms with E-state index in [0.29, 0.717) is 11.4 Å². The number of benzene rings is 2. The molecule has 0 saturated carbocycles. The van der Waals surface area contributed by atoms with Gasteiger partial charge in [-0.15, -0.1) is 0 Å². The van der Waals surface area contributed by atoms with E-state index in [1.807, 2.05) is 62.4 Å². The minimum absolute atomic E-state index is 0.0582. The highest BCUT2D eigenvalue weighted by molar-refractivity contribution is 6.03. The van der Waals surface area contributed by atoms with Gasteiger partial charge in [-0.05, 0) is 49.2 Å². The molecule has 0 aliphatic carbocycles. The topological polar surface area (TPSA) is 67.2 Å². The molecule has 0 saturated heterocycles. The maximum Gasteiger partial charge on any atom is 0.276 e. The van der Waals surface area contributed by atoms with Crippen molar-refractivity contribution in [1.29, 1.82) is 0 Å². The first-order chi connectivity index (χ1) is 11.6. The first-order valence-corrected chi connectivity index (χ1v) is 7.73. The van der Waals surface area contributed by atoms with Crippen molar-refractivity contribution in [3.63, 3.8) is 0 Å². The predicted octanol–water partition coefficient (Wildman–Crippen LogP) is 3.23. The van der Waals surface area contributed by atoms with E-state index in [1.165, 1.54) is 0 Å². The molecule has 0 aliphatic heterocycles. The number of aromatic nitrogens is 2. The summed E-state index contributed by atoms with van der Waals surface area (Å²) in [6, 6.07) is 16.9. The normalized spacial score (nSPS) is 10.6. The van der Waals surface area contributed by atoms with Crippen LogP contribution in [0.4, 0.5) is 5.69 Å². The molecular weight excluding hydrogens is 302 g/mol. The van der Waals surface area contributed by atoms with Crippen LogP contribution in [-0.2, 0) is 6.61 Å². The molecule has 0 unspecified atom stereocenters. The van der Waals surface area contributed by atoms with Gasteiger partial charge in [0.25, 0.3) is 5.91 Å². The fraction of sp³-hybridized carbons (Fsp3) is 0.158. The van der Waals surface area contributed by atoms with E-state index in [-0.39, 0.29) is 12.5 Å². The highest BCUT2D eigenvalue weighted by atomic mass is 16.3. The molecular formula is C19H19N3O2. The van der Waals surface area contributed by atoms with E-state index in [4.69, 9.17) is 0 Å². The number of para-hydroxylation sites is 1. The second-order valence-electron chi connectivity index (χ2n) is 5.62. The van der Waals surface area contributed by atoms with E-state index in [9.17, 15) is 9.90 Å². The zero-order valence-corrected chi connectivity index (χ0v) is 13.7. The Bertz CT molecular complexity index is 870. The standard InChI is InChI=1S/C19H19N3O2/c1-13-11-18(21-22(13)16-8-4-3-5-9-16)19(24)20-17-10-6-7-15(12-23)14(17)2/h3-11,23H,12H2,1-2H3,(H,20,24). The van der Waals surface area contributed by atoms with Crippen molar-refractivity contribution < 1.29 is 9.90 Å². The van der Waals surface area contributed by atoms with Gasteiger partial charge in [0.1, 0.15) is 0 Å². The lowest BCUT2D eigenvalue weighted by Crippen LogP contribution is -2.14. The van der Waals surface area contributed by atoms with Crippen LogP contribution in [-0.4, -0.2) is 20.8 Å². The summed E-state index contributed by atoms with van der Waals surface area (Å²) in [4.78, 5) is 12.5. The second-order valence-corrected chi connectivity index (χ2v) is 5.62. The molecule has 1 aromatic heterocycles. The number of aliphatic hydroxyl groups excluding tert-OH is 1. The van der Waals surface area contributed by atoms with Gasteiger partial charge in [0.15, 0.2) is 5.69 Å². The summed E-state index contributed by atoms with van der Waals surface area (Å²) < 4.78 is 1.74. The lowest BCUT2D eigenvalue weighted by molar-refractivity contribution is 0.102. The van der Waals surface area contributed by atoms with Gasteiger partial charge < -0.3 is 10.4 Å². The van der Waals surface area contributed by atoms with Crippen LogP contribution >= 0.6 is 0 Å². The summed E-state index contributed by atoms with van der Waals surface area (Å²) in [5, 5.41) is 16.6. The molecule has 24 heavy (non-hydrogen) atoms. The third kappa shape index (κ3) is 3.07. The molecule has 0 spiro atoms. The molecule has 0 atom stereocenters. The summed E-state index contributed by atoms with van der Waals surface area (Å²) in [5.74, 6) is -0.272. The molecule has 122 valence electrons. The Labute approximate surface area is 140 Å². The number of anilines is 1. The Hall–Kier alpha value is -2.92. The largest absolute Gasteiger partial charge is 0.392 e. The van der Waals surface area contributed by atoms with E-state index < -0.39 is 0 Å². The van der Waals surface area contributed by atoms with Crippen LogP contribution in [0.2, 0.25) is 0 Å². The second kappa shape index (κ2) is 6.68. The molecule has 0 aliphatic rings. The van der Waals surface area contributed by atoms with Gasteiger partial charge >= 0.3 is 0 Å². The van der Waals surface area contributed by atoms with Gasteiger partial charge in [0.05, 0.1) is 12.3 Å². The number of hydrogen-bond donors (Lipinski definition) is 2. The van der Waals surface area contributed by atoms with Crippen LogP contribution in [0.25, 0.3) is 5.69 Å². The molecule has 0 bridgehead atoms. The Morgan fingerprint density at radius 3 is 2.58 bits per heavy atom. The molecule has 3 aromatic rings. The number of amides is 1. The van der Waals surface area contributed by atoms with Crippen molar-refractivity contribution in [3.05, 3.63) is 77.1 Å². The lowest BCUT2D eigenvalue weighted by atomic mass is 10.1. The SMILES string of the molecule is Cc1c(CO)cccc1NC(=O)c1cc(C)n(-c2ccccc2)n1. The van der Waals surface area contributed by atoms with Gasteiger partial charge in [0.2, 0.25) is 0 Å². The maximum atomic E-state index is 12.5. The number of aliphatic hydroxyl groups is 1. The van der Waals surface area contributed by atoms with E-state index in [0.717, 1.165) is 22.5 Å². The number of carbonyl (C=O) groups excluding carboxylic acids is 1. The zero-order valence-electron chi connectivity index (χ0n) is 13.7. The Morgan fingerprint density at radius 1 is 1.12 bits per heavy atom. The van der Waals surface area contributed by atoms with Crippen molar-refractivity contribution in [1.82, 2.24) is 9.78 Å². The third-order valence-corrected chi connectivity index (χ3v) is 3.99. The van der Waals surface area contributed by atoms with Crippen molar-refractivity contribution in [2.75, 3.05) is 5.32 Å². The van der Waals surface area contributed by atoms with Crippen molar-refractivity contribution in [2.45, 2.75) is 20.5 Å². The predicted molar refractivity (Wildman–Crippen MR) is 93.4 cm³/mol.